The van der Waals surface area contributed by atoms with E-state index in [0.717, 1.165) is 50.8 Å². The van der Waals surface area contributed by atoms with E-state index in [1.54, 1.807) is 0 Å². The summed E-state index contributed by atoms with van der Waals surface area (Å²) in [4.78, 5) is 27.6. The van der Waals surface area contributed by atoms with Crippen LogP contribution in [-0.2, 0) is 9.47 Å². The van der Waals surface area contributed by atoms with Crippen LogP contribution in [0.15, 0.2) is 0 Å². The van der Waals surface area contributed by atoms with E-state index in [1.807, 2.05) is 51.3 Å². The van der Waals surface area contributed by atoms with Crippen molar-refractivity contribution in [3.05, 3.63) is 0 Å². The summed E-state index contributed by atoms with van der Waals surface area (Å²) in [6.45, 7) is 17.0. The van der Waals surface area contributed by atoms with Crippen LogP contribution in [0.5, 0.6) is 0 Å². The number of hydrogen-bond acceptors (Lipinski definition) is 4. The van der Waals surface area contributed by atoms with E-state index in [0.29, 0.717) is 11.8 Å². The van der Waals surface area contributed by atoms with Gasteiger partial charge in [0.25, 0.3) is 0 Å². The quantitative estimate of drug-likeness (QED) is 0.374. The van der Waals surface area contributed by atoms with Crippen molar-refractivity contribution in [1.29, 1.82) is 0 Å². The van der Waals surface area contributed by atoms with Crippen molar-refractivity contribution >= 4 is 28.1 Å². The van der Waals surface area contributed by atoms with Gasteiger partial charge in [0.05, 0.1) is 0 Å². The molecule has 0 aromatic carbocycles. The monoisotopic (exact) mass is 518 g/mol. The van der Waals surface area contributed by atoms with Gasteiger partial charge in [-0.2, -0.15) is 0 Å². The zero-order valence-electron chi connectivity index (χ0n) is 21.5. The number of nitrogens with zero attached hydrogens (tertiary/aromatic N) is 2. The number of ether oxygens (including phenoxy) is 2. The zero-order valence-corrected chi connectivity index (χ0v) is 23.1. The summed E-state index contributed by atoms with van der Waals surface area (Å²) in [7, 11) is 0. The van der Waals surface area contributed by atoms with Gasteiger partial charge in [-0.3, -0.25) is 0 Å². The topological polar surface area (TPSA) is 59.1 Å². The van der Waals surface area contributed by atoms with E-state index >= 15 is 0 Å². The molecular weight excluding hydrogens is 472 g/mol. The third-order valence-corrected chi connectivity index (χ3v) is 6.55. The Labute approximate surface area is 204 Å². The predicted molar refractivity (Wildman–Crippen MR) is 134 cm³/mol. The molecule has 2 amide bonds. The van der Waals surface area contributed by atoms with Gasteiger partial charge in [0.2, 0.25) is 0 Å². The average Bonchev–Trinajstić information content (AvgIpc) is 3.06. The second-order valence-corrected chi connectivity index (χ2v) is 11.8. The summed E-state index contributed by atoms with van der Waals surface area (Å²) in [5.74, 6) is 1.21. The SMILES string of the molecule is CC(C)(C)OC(=O)N1CCCCC(CBr)C1.CCC1CCCCN(C(=O)OC(C)(C)C)C1. The first-order chi connectivity index (χ1) is 14.8. The van der Waals surface area contributed by atoms with Crippen molar-refractivity contribution in [1.82, 2.24) is 9.80 Å². The Balaban J connectivity index is 0.000000320. The molecule has 2 fully saturated rings. The van der Waals surface area contributed by atoms with Gasteiger partial charge in [-0.05, 0) is 79.1 Å². The van der Waals surface area contributed by atoms with Crippen LogP contribution >= 0.6 is 15.9 Å². The molecule has 0 N–H and O–H groups in total. The molecule has 0 bridgehead atoms. The van der Waals surface area contributed by atoms with Gasteiger partial charge in [-0.1, -0.05) is 42.1 Å². The third kappa shape index (κ3) is 12.3. The number of hydrogen-bond donors (Lipinski definition) is 0. The van der Waals surface area contributed by atoms with Crippen molar-refractivity contribution in [2.75, 3.05) is 31.5 Å². The lowest BCUT2D eigenvalue weighted by Gasteiger charge is -2.28. The molecule has 0 aliphatic carbocycles. The van der Waals surface area contributed by atoms with Gasteiger partial charge in [0, 0.05) is 31.5 Å². The van der Waals surface area contributed by atoms with Gasteiger partial charge in [-0.25, -0.2) is 9.59 Å². The largest absolute Gasteiger partial charge is 0.444 e. The Bertz CT molecular complexity index is 521. The Morgan fingerprint density at radius 3 is 1.56 bits per heavy atom. The molecule has 2 rings (SSSR count). The number of amides is 2. The van der Waals surface area contributed by atoms with Crippen molar-refractivity contribution in [3.8, 4) is 0 Å². The fourth-order valence-corrected chi connectivity index (χ4v) is 4.43. The van der Waals surface area contributed by atoms with Gasteiger partial charge >= 0.3 is 12.2 Å². The van der Waals surface area contributed by atoms with Gasteiger partial charge in [0.15, 0.2) is 0 Å². The molecule has 0 aromatic rings. The van der Waals surface area contributed by atoms with Gasteiger partial charge in [0.1, 0.15) is 11.2 Å². The first-order valence-corrected chi connectivity index (χ1v) is 13.5. The molecule has 6 nitrogen and oxygen atoms in total. The van der Waals surface area contributed by atoms with Crippen LogP contribution in [0.2, 0.25) is 0 Å². The highest BCUT2D eigenvalue weighted by Gasteiger charge is 2.26. The minimum absolute atomic E-state index is 0.146. The van der Waals surface area contributed by atoms with Gasteiger partial charge in [-0.15, -0.1) is 0 Å². The van der Waals surface area contributed by atoms with Crippen LogP contribution in [0.4, 0.5) is 9.59 Å². The van der Waals surface area contributed by atoms with E-state index in [-0.39, 0.29) is 17.8 Å². The number of carbonyl (C=O) groups is 2. The van der Waals surface area contributed by atoms with Crippen LogP contribution < -0.4 is 0 Å². The maximum Gasteiger partial charge on any atom is 0.410 e. The lowest BCUT2D eigenvalue weighted by molar-refractivity contribution is 0.0226. The minimum Gasteiger partial charge on any atom is -0.444 e. The second kappa shape index (κ2) is 13.7. The highest BCUT2D eigenvalue weighted by molar-refractivity contribution is 9.09. The first-order valence-electron chi connectivity index (χ1n) is 12.4. The predicted octanol–water partition coefficient (Wildman–Crippen LogP) is 6.85. The molecule has 7 heteroatoms. The molecule has 0 saturated carbocycles. The van der Waals surface area contributed by atoms with Crippen LogP contribution in [0.1, 0.15) is 93.4 Å². The molecule has 2 aliphatic rings. The van der Waals surface area contributed by atoms with Crippen LogP contribution in [-0.4, -0.2) is 64.7 Å². The van der Waals surface area contributed by atoms with E-state index < -0.39 is 5.60 Å². The number of likely N-dealkylation sites (tertiary alicyclic amines) is 2. The summed E-state index contributed by atoms with van der Waals surface area (Å²) >= 11 is 3.50. The molecule has 0 radical (unpaired) electrons. The van der Waals surface area contributed by atoms with Crippen LogP contribution in [0.3, 0.4) is 0 Å². The number of halogens is 1. The fraction of sp³-hybridized carbons (Fsp3) is 0.920. The summed E-state index contributed by atoms with van der Waals surface area (Å²) in [6, 6.07) is 0. The molecule has 32 heavy (non-hydrogen) atoms. The highest BCUT2D eigenvalue weighted by Crippen LogP contribution is 2.22. The summed E-state index contributed by atoms with van der Waals surface area (Å²) in [5, 5.41) is 0.965. The van der Waals surface area contributed by atoms with Crippen LogP contribution in [0, 0.1) is 11.8 Å². The lowest BCUT2D eigenvalue weighted by Crippen LogP contribution is -2.39. The standard InChI is InChI=1S/C13H25NO2.C12H22BrNO2/c1-5-11-8-6-7-9-14(10-11)12(15)16-13(2,3)4;1-12(2,3)16-11(15)14-7-5-4-6-10(8-13)9-14/h11H,5-10H2,1-4H3;10H,4-9H2,1-3H3. The van der Waals surface area contributed by atoms with Crippen LogP contribution in [0.25, 0.3) is 0 Å². The Kier molecular flexibility index (Phi) is 12.4. The molecule has 2 atom stereocenters. The second-order valence-electron chi connectivity index (χ2n) is 11.1. The zero-order chi connectivity index (χ0) is 24.4. The Hall–Kier alpha value is -0.980. The molecule has 2 unspecified atom stereocenters. The molecule has 0 spiro atoms. The summed E-state index contributed by atoms with van der Waals surface area (Å²) in [6.07, 6.45) is 7.92. The maximum absolute atomic E-state index is 11.9. The molecule has 2 aliphatic heterocycles. The highest BCUT2D eigenvalue weighted by atomic mass is 79.9. The molecule has 0 aromatic heterocycles. The molecule has 2 heterocycles. The normalized spacial score (nSPS) is 22.8. The van der Waals surface area contributed by atoms with E-state index in [1.165, 1.54) is 25.7 Å². The lowest BCUT2D eigenvalue weighted by atomic mass is 10.0. The molecule has 2 saturated heterocycles. The molecule has 188 valence electrons. The summed E-state index contributed by atoms with van der Waals surface area (Å²) < 4.78 is 10.8. The minimum atomic E-state index is -0.396. The number of alkyl halides is 1. The van der Waals surface area contributed by atoms with E-state index in [9.17, 15) is 9.59 Å². The smallest absolute Gasteiger partial charge is 0.410 e. The first kappa shape index (κ1) is 29.1. The number of carbonyl (C=O) groups excluding carboxylic acids is 2. The molecular formula is C25H47BrN2O4. The van der Waals surface area contributed by atoms with Crippen molar-refractivity contribution in [2.24, 2.45) is 11.8 Å². The number of rotatable bonds is 2. The Morgan fingerprint density at radius 1 is 0.781 bits per heavy atom. The third-order valence-electron chi connectivity index (χ3n) is 5.64. The van der Waals surface area contributed by atoms with E-state index in [4.69, 9.17) is 9.47 Å². The Morgan fingerprint density at radius 2 is 1.19 bits per heavy atom. The average molecular weight is 520 g/mol. The van der Waals surface area contributed by atoms with Crippen molar-refractivity contribution in [3.63, 3.8) is 0 Å². The van der Waals surface area contributed by atoms with Crippen molar-refractivity contribution in [2.45, 2.75) is 105 Å². The van der Waals surface area contributed by atoms with E-state index in [2.05, 4.69) is 22.9 Å². The van der Waals surface area contributed by atoms with Crippen molar-refractivity contribution < 1.29 is 19.1 Å². The fourth-order valence-electron chi connectivity index (χ4n) is 3.90. The summed E-state index contributed by atoms with van der Waals surface area (Å²) in [5.41, 5.74) is -0.779. The van der Waals surface area contributed by atoms with Gasteiger partial charge < -0.3 is 19.3 Å². The maximum atomic E-state index is 11.9.